The maximum absolute atomic E-state index is 11.8. The molecule has 110 valence electrons. The van der Waals surface area contributed by atoms with Crippen LogP contribution in [0.25, 0.3) is 0 Å². The lowest BCUT2D eigenvalue weighted by Gasteiger charge is -2.35. The van der Waals surface area contributed by atoms with E-state index in [1.807, 2.05) is 0 Å². The zero-order valence-electron chi connectivity index (χ0n) is 12.5. The summed E-state index contributed by atoms with van der Waals surface area (Å²) in [6, 6.07) is 0.986. The van der Waals surface area contributed by atoms with Gasteiger partial charge in [-0.2, -0.15) is 0 Å². The van der Waals surface area contributed by atoms with Crippen LogP contribution in [0.15, 0.2) is 0 Å². The van der Waals surface area contributed by atoms with Gasteiger partial charge in [0.25, 0.3) is 0 Å². The van der Waals surface area contributed by atoms with Gasteiger partial charge in [-0.25, -0.2) is 0 Å². The topological polar surface area (TPSA) is 41.6 Å². The van der Waals surface area contributed by atoms with Gasteiger partial charge in [-0.05, 0) is 38.6 Å². The van der Waals surface area contributed by atoms with E-state index in [9.17, 15) is 4.79 Å². The first kappa shape index (κ1) is 14.8. The monoisotopic (exact) mass is 268 g/mol. The molecule has 0 aromatic carbocycles. The number of carbonyl (C=O) groups excluding carboxylic acids is 1. The van der Waals surface area contributed by atoms with E-state index in [-0.39, 0.29) is 12.0 Å². The highest BCUT2D eigenvalue weighted by molar-refractivity contribution is 5.76. The number of methoxy groups -OCH3 is 1. The Morgan fingerprint density at radius 3 is 2.68 bits per heavy atom. The Morgan fingerprint density at radius 1 is 1.37 bits per heavy atom. The Labute approximate surface area is 116 Å². The van der Waals surface area contributed by atoms with Crippen molar-refractivity contribution in [2.45, 2.75) is 63.6 Å². The number of carbonyl (C=O) groups is 1. The smallest absolute Gasteiger partial charge is 0.324 e. The highest BCUT2D eigenvalue weighted by Gasteiger charge is 2.31. The van der Waals surface area contributed by atoms with Crippen molar-refractivity contribution in [3.05, 3.63) is 0 Å². The summed E-state index contributed by atoms with van der Waals surface area (Å²) in [5.74, 6) is 0.691. The molecule has 4 nitrogen and oxygen atoms in total. The predicted molar refractivity (Wildman–Crippen MR) is 76.0 cm³/mol. The van der Waals surface area contributed by atoms with Gasteiger partial charge in [0.2, 0.25) is 0 Å². The summed E-state index contributed by atoms with van der Waals surface area (Å²) in [6.45, 7) is 3.10. The fourth-order valence-corrected chi connectivity index (χ4v) is 3.11. The zero-order valence-corrected chi connectivity index (χ0v) is 12.5. The van der Waals surface area contributed by atoms with Crippen LogP contribution in [0.4, 0.5) is 0 Å². The standard InChI is InChI=1S/C15H28N2O2/c1-11-5-4-6-13(9-11)17(2)10-14(15(18)19-3)16-12-7-8-12/h11-14,16H,4-10H2,1-3H3. The molecule has 0 spiro atoms. The Balaban J connectivity index is 1.85. The first-order chi connectivity index (χ1) is 9.10. The van der Waals surface area contributed by atoms with E-state index < -0.39 is 0 Å². The number of rotatable bonds is 6. The number of ether oxygens (including phenoxy) is 1. The second-order valence-electron chi connectivity index (χ2n) is 6.38. The van der Waals surface area contributed by atoms with Gasteiger partial charge in [-0.1, -0.05) is 19.8 Å². The van der Waals surface area contributed by atoms with Gasteiger partial charge >= 0.3 is 5.97 Å². The van der Waals surface area contributed by atoms with Crippen molar-refractivity contribution >= 4 is 5.97 Å². The molecule has 1 N–H and O–H groups in total. The van der Waals surface area contributed by atoms with E-state index >= 15 is 0 Å². The molecule has 2 saturated carbocycles. The molecular weight excluding hydrogens is 240 g/mol. The van der Waals surface area contributed by atoms with Crippen LogP contribution in [0, 0.1) is 5.92 Å². The van der Waals surface area contributed by atoms with E-state index in [0.717, 1.165) is 12.5 Å². The van der Waals surface area contributed by atoms with Crippen molar-refractivity contribution < 1.29 is 9.53 Å². The quantitative estimate of drug-likeness (QED) is 0.746. The van der Waals surface area contributed by atoms with Gasteiger partial charge in [0, 0.05) is 18.6 Å². The molecule has 2 aliphatic rings. The molecule has 2 fully saturated rings. The third-order valence-corrected chi connectivity index (χ3v) is 4.50. The van der Waals surface area contributed by atoms with Crippen LogP contribution in [-0.2, 0) is 9.53 Å². The van der Waals surface area contributed by atoms with E-state index in [2.05, 4.69) is 24.2 Å². The summed E-state index contributed by atoms with van der Waals surface area (Å²) in [5, 5.41) is 3.41. The van der Waals surface area contributed by atoms with E-state index in [1.54, 1.807) is 0 Å². The number of likely N-dealkylation sites (N-methyl/N-ethyl adjacent to an activating group) is 1. The van der Waals surface area contributed by atoms with Crippen molar-refractivity contribution in [2.75, 3.05) is 20.7 Å². The van der Waals surface area contributed by atoms with Crippen LogP contribution in [0.3, 0.4) is 0 Å². The maximum Gasteiger partial charge on any atom is 0.324 e. The average Bonchev–Trinajstić information content (AvgIpc) is 3.21. The van der Waals surface area contributed by atoms with Gasteiger partial charge in [-0.3, -0.25) is 4.79 Å². The van der Waals surface area contributed by atoms with Crippen LogP contribution in [-0.4, -0.2) is 49.7 Å². The number of nitrogens with one attached hydrogen (secondary N) is 1. The van der Waals surface area contributed by atoms with Gasteiger partial charge < -0.3 is 15.0 Å². The van der Waals surface area contributed by atoms with Gasteiger partial charge in [0.15, 0.2) is 0 Å². The highest BCUT2D eigenvalue weighted by Crippen LogP contribution is 2.27. The molecule has 0 aliphatic heterocycles. The lowest BCUT2D eigenvalue weighted by Crippen LogP contribution is -2.49. The first-order valence-electron chi connectivity index (χ1n) is 7.64. The van der Waals surface area contributed by atoms with E-state index in [1.165, 1.54) is 45.6 Å². The lowest BCUT2D eigenvalue weighted by molar-refractivity contribution is -0.143. The van der Waals surface area contributed by atoms with Crippen molar-refractivity contribution in [3.8, 4) is 0 Å². The van der Waals surface area contributed by atoms with Crippen molar-refractivity contribution in [1.82, 2.24) is 10.2 Å². The van der Waals surface area contributed by atoms with Gasteiger partial charge in [0.1, 0.15) is 6.04 Å². The Kier molecular flexibility index (Phi) is 5.22. The first-order valence-corrected chi connectivity index (χ1v) is 7.64. The van der Waals surface area contributed by atoms with Crippen molar-refractivity contribution in [1.29, 1.82) is 0 Å². The number of esters is 1. The predicted octanol–water partition coefficient (Wildman–Crippen LogP) is 1.79. The maximum atomic E-state index is 11.8. The molecule has 0 heterocycles. The lowest BCUT2D eigenvalue weighted by atomic mass is 9.86. The normalized spacial score (nSPS) is 29.3. The molecule has 0 radical (unpaired) electrons. The SMILES string of the molecule is COC(=O)C(CN(C)C1CCCC(C)C1)NC1CC1. The van der Waals surface area contributed by atoms with Crippen molar-refractivity contribution in [3.63, 3.8) is 0 Å². The molecular formula is C15H28N2O2. The van der Waals surface area contributed by atoms with E-state index in [4.69, 9.17) is 4.74 Å². The largest absolute Gasteiger partial charge is 0.468 e. The fourth-order valence-electron chi connectivity index (χ4n) is 3.11. The summed E-state index contributed by atoms with van der Waals surface area (Å²) in [4.78, 5) is 14.2. The average molecular weight is 268 g/mol. The van der Waals surface area contributed by atoms with Gasteiger partial charge in [-0.15, -0.1) is 0 Å². The minimum atomic E-state index is -0.167. The van der Waals surface area contributed by atoms with Gasteiger partial charge in [0.05, 0.1) is 7.11 Å². The minimum absolute atomic E-state index is 0.123. The fraction of sp³-hybridized carbons (Fsp3) is 0.933. The molecule has 0 bridgehead atoms. The summed E-state index contributed by atoms with van der Waals surface area (Å²) in [7, 11) is 3.62. The zero-order chi connectivity index (χ0) is 13.8. The molecule has 3 unspecified atom stereocenters. The Bertz CT molecular complexity index is 305. The van der Waals surface area contributed by atoms with Crippen LogP contribution in [0.2, 0.25) is 0 Å². The summed E-state index contributed by atoms with van der Waals surface area (Å²) >= 11 is 0. The molecule has 0 amide bonds. The van der Waals surface area contributed by atoms with Crippen LogP contribution in [0.1, 0.15) is 45.4 Å². The second-order valence-corrected chi connectivity index (χ2v) is 6.38. The van der Waals surface area contributed by atoms with Crippen LogP contribution in [0.5, 0.6) is 0 Å². The highest BCUT2D eigenvalue weighted by atomic mass is 16.5. The summed E-state index contributed by atoms with van der Waals surface area (Å²) in [5.41, 5.74) is 0. The van der Waals surface area contributed by atoms with E-state index in [0.29, 0.717) is 12.1 Å². The minimum Gasteiger partial charge on any atom is -0.468 e. The van der Waals surface area contributed by atoms with Crippen LogP contribution >= 0.6 is 0 Å². The number of hydrogen-bond donors (Lipinski definition) is 1. The van der Waals surface area contributed by atoms with Crippen LogP contribution < -0.4 is 5.32 Å². The molecule has 2 rings (SSSR count). The molecule has 3 atom stereocenters. The third-order valence-electron chi connectivity index (χ3n) is 4.50. The summed E-state index contributed by atoms with van der Waals surface area (Å²) < 4.78 is 4.92. The number of nitrogens with zero attached hydrogens (tertiary/aromatic N) is 1. The molecule has 2 aliphatic carbocycles. The molecule has 0 aromatic heterocycles. The molecule has 19 heavy (non-hydrogen) atoms. The summed E-state index contributed by atoms with van der Waals surface area (Å²) in [6.07, 6.45) is 7.57. The molecule has 0 saturated heterocycles. The molecule has 4 heteroatoms. The van der Waals surface area contributed by atoms with Crippen molar-refractivity contribution in [2.24, 2.45) is 5.92 Å². The Hall–Kier alpha value is -0.610. The molecule has 0 aromatic rings. The Morgan fingerprint density at radius 2 is 2.11 bits per heavy atom. The number of hydrogen-bond acceptors (Lipinski definition) is 4. The third kappa shape index (κ3) is 4.46. The second kappa shape index (κ2) is 6.71.